The van der Waals surface area contributed by atoms with E-state index in [4.69, 9.17) is 0 Å². The minimum atomic E-state index is -3.06. The van der Waals surface area contributed by atoms with Crippen molar-refractivity contribution in [2.75, 3.05) is 24.7 Å². The van der Waals surface area contributed by atoms with Gasteiger partial charge in [-0.3, -0.25) is 0 Å². The molecule has 0 atom stereocenters. The number of nitrogens with zero attached hydrogens (tertiary/aromatic N) is 3. The lowest BCUT2D eigenvalue weighted by Gasteiger charge is -2.31. The van der Waals surface area contributed by atoms with Gasteiger partial charge < -0.3 is 9.72 Å². The molecule has 0 spiro atoms. The molecule has 0 bridgehead atoms. The zero-order chi connectivity index (χ0) is 15.0. The lowest BCUT2D eigenvalue weighted by atomic mass is 10.1. The Morgan fingerprint density at radius 2 is 2.05 bits per heavy atom. The molecule has 0 unspecified atom stereocenters. The summed E-state index contributed by atoms with van der Waals surface area (Å²) in [5, 5.41) is 3.54. The van der Waals surface area contributed by atoms with Crippen molar-refractivity contribution in [1.29, 1.82) is 0 Å². The second kappa shape index (κ2) is 5.31. The molecule has 0 aliphatic carbocycles. The number of piperidine rings is 1. The van der Waals surface area contributed by atoms with Gasteiger partial charge >= 0.3 is 0 Å². The summed E-state index contributed by atoms with van der Waals surface area (Å²) in [5.74, 6) is 0. The van der Waals surface area contributed by atoms with Gasteiger partial charge in [0.25, 0.3) is 0 Å². The van der Waals surface area contributed by atoms with Crippen LogP contribution in [0.15, 0.2) is 24.8 Å². The third-order valence-corrected chi connectivity index (χ3v) is 5.24. The van der Waals surface area contributed by atoms with Gasteiger partial charge in [-0.25, -0.2) is 17.7 Å². The molecule has 114 valence electrons. The first-order valence-electron chi connectivity index (χ1n) is 7.07. The van der Waals surface area contributed by atoms with Crippen molar-refractivity contribution in [3.05, 3.63) is 30.4 Å². The monoisotopic (exact) mass is 308 g/mol. The maximum atomic E-state index is 11.5. The molecule has 2 aromatic heterocycles. The zero-order valence-corrected chi connectivity index (χ0v) is 13.1. The van der Waals surface area contributed by atoms with E-state index in [2.05, 4.69) is 23.3 Å². The molecule has 1 aliphatic heterocycles. The summed E-state index contributed by atoms with van der Waals surface area (Å²) in [5.41, 5.74) is 3.27. The van der Waals surface area contributed by atoms with E-state index in [1.165, 1.54) is 6.26 Å². The Morgan fingerprint density at radius 3 is 2.71 bits per heavy atom. The summed E-state index contributed by atoms with van der Waals surface area (Å²) in [6.07, 6.45) is 8.59. The molecule has 1 fully saturated rings. The van der Waals surface area contributed by atoms with Gasteiger partial charge in [0, 0.05) is 25.3 Å². The summed E-state index contributed by atoms with van der Waals surface area (Å²) in [6, 6.07) is 2.41. The van der Waals surface area contributed by atoms with Crippen LogP contribution in [-0.4, -0.2) is 47.5 Å². The van der Waals surface area contributed by atoms with Crippen molar-refractivity contribution >= 4 is 21.2 Å². The van der Waals surface area contributed by atoms with Gasteiger partial charge in [-0.2, -0.15) is 0 Å². The quantitative estimate of drug-likeness (QED) is 0.932. The Balaban J connectivity index is 1.74. The predicted octanol–water partition coefficient (Wildman–Crippen LogP) is 1.48. The highest BCUT2D eigenvalue weighted by molar-refractivity contribution is 7.88. The largest absolute Gasteiger partial charge is 0.380 e. The van der Waals surface area contributed by atoms with Gasteiger partial charge in [0.1, 0.15) is 0 Å². The van der Waals surface area contributed by atoms with Crippen molar-refractivity contribution in [2.24, 2.45) is 0 Å². The number of hydrogen-bond donors (Lipinski definition) is 1. The zero-order valence-electron chi connectivity index (χ0n) is 12.3. The summed E-state index contributed by atoms with van der Waals surface area (Å²) in [4.78, 5) is 4.18. The van der Waals surface area contributed by atoms with Crippen LogP contribution >= 0.6 is 0 Å². The molecule has 2 aromatic rings. The van der Waals surface area contributed by atoms with Gasteiger partial charge in [-0.15, -0.1) is 0 Å². The number of hydrogen-bond acceptors (Lipinski definition) is 4. The third kappa shape index (κ3) is 3.03. The van der Waals surface area contributed by atoms with Crippen LogP contribution in [0, 0.1) is 6.92 Å². The first kappa shape index (κ1) is 14.3. The number of anilines is 1. The predicted molar refractivity (Wildman–Crippen MR) is 83.0 cm³/mol. The van der Waals surface area contributed by atoms with Crippen molar-refractivity contribution < 1.29 is 8.42 Å². The van der Waals surface area contributed by atoms with Crippen molar-refractivity contribution in [2.45, 2.75) is 25.8 Å². The summed E-state index contributed by atoms with van der Waals surface area (Å²) in [7, 11) is -3.06. The average Bonchev–Trinajstić information content (AvgIpc) is 2.86. The Morgan fingerprint density at radius 1 is 1.33 bits per heavy atom. The highest BCUT2D eigenvalue weighted by Crippen LogP contribution is 2.23. The normalized spacial score (nSPS) is 18.2. The molecule has 3 rings (SSSR count). The van der Waals surface area contributed by atoms with E-state index >= 15 is 0 Å². The number of nitrogens with one attached hydrogen (secondary N) is 1. The number of fused-ring (bicyclic) bond motifs is 1. The number of aryl methyl sites for hydroxylation is 1. The number of sulfonamides is 1. The van der Waals surface area contributed by atoms with Gasteiger partial charge in [0.05, 0.1) is 30.0 Å². The minimum absolute atomic E-state index is 0.295. The summed E-state index contributed by atoms with van der Waals surface area (Å²) in [6.45, 7) is 3.21. The van der Waals surface area contributed by atoms with E-state index in [1.54, 1.807) is 10.6 Å². The van der Waals surface area contributed by atoms with Crippen molar-refractivity contribution in [3.63, 3.8) is 0 Å². The fourth-order valence-corrected chi connectivity index (χ4v) is 3.72. The molecule has 0 aromatic carbocycles. The Hall–Kier alpha value is -1.60. The Bertz CT molecular complexity index is 745. The van der Waals surface area contributed by atoms with Crippen LogP contribution in [0.5, 0.6) is 0 Å². The molecule has 6 nitrogen and oxygen atoms in total. The second-order valence-electron chi connectivity index (χ2n) is 5.70. The SMILES string of the molecule is Cc1cc(NC2CCN(S(C)(=O)=O)CC2)c2cncn2c1. The molecule has 1 saturated heterocycles. The molecular formula is C14H20N4O2S. The first-order valence-corrected chi connectivity index (χ1v) is 8.92. The van der Waals surface area contributed by atoms with E-state index in [9.17, 15) is 8.42 Å². The van der Waals surface area contributed by atoms with E-state index in [-0.39, 0.29) is 0 Å². The standard InChI is InChI=1S/C14H20N4O2S/c1-11-7-13(14-8-15-10-17(14)9-11)16-12-3-5-18(6-4-12)21(2,19)20/h7-10,12,16H,3-6H2,1-2H3. The van der Waals surface area contributed by atoms with Crippen LogP contribution in [0.1, 0.15) is 18.4 Å². The fourth-order valence-electron chi connectivity index (χ4n) is 2.84. The topological polar surface area (TPSA) is 66.7 Å². The molecule has 0 radical (unpaired) electrons. The van der Waals surface area contributed by atoms with E-state index < -0.39 is 10.0 Å². The van der Waals surface area contributed by atoms with Crippen LogP contribution in [-0.2, 0) is 10.0 Å². The number of pyridine rings is 1. The fraction of sp³-hybridized carbons (Fsp3) is 0.500. The van der Waals surface area contributed by atoms with E-state index in [0.717, 1.165) is 29.6 Å². The molecule has 3 heterocycles. The van der Waals surface area contributed by atoms with Gasteiger partial charge in [-0.1, -0.05) is 0 Å². The first-order chi connectivity index (χ1) is 9.93. The summed E-state index contributed by atoms with van der Waals surface area (Å²) >= 11 is 0. The van der Waals surface area contributed by atoms with Crippen LogP contribution in [0.4, 0.5) is 5.69 Å². The molecule has 0 saturated carbocycles. The molecule has 0 amide bonds. The number of rotatable bonds is 3. The van der Waals surface area contributed by atoms with E-state index in [0.29, 0.717) is 19.1 Å². The minimum Gasteiger partial charge on any atom is -0.380 e. The van der Waals surface area contributed by atoms with E-state index in [1.807, 2.05) is 16.8 Å². The Kier molecular flexibility index (Phi) is 3.62. The molecule has 21 heavy (non-hydrogen) atoms. The number of aromatic nitrogens is 2. The highest BCUT2D eigenvalue weighted by Gasteiger charge is 2.25. The van der Waals surface area contributed by atoms with Gasteiger partial charge in [-0.05, 0) is 31.4 Å². The van der Waals surface area contributed by atoms with Crippen molar-refractivity contribution in [1.82, 2.24) is 13.7 Å². The molecule has 7 heteroatoms. The molecule has 1 N–H and O–H groups in total. The van der Waals surface area contributed by atoms with Gasteiger partial charge in [0.15, 0.2) is 0 Å². The van der Waals surface area contributed by atoms with Crippen LogP contribution < -0.4 is 5.32 Å². The van der Waals surface area contributed by atoms with Crippen molar-refractivity contribution in [3.8, 4) is 0 Å². The maximum absolute atomic E-state index is 11.5. The van der Waals surface area contributed by atoms with Crippen LogP contribution in [0.2, 0.25) is 0 Å². The Labute approximate surface area is 124 Å². The summed E-state index contributed by atoms with van der Waals surface area (Å²) < 4.78 is 26.6. The average molecular weight is 308 g/mol. The smallest absolute Gasteiger partial charge is 0.211 e. The molecule has 1 aliphatic rings. The van der Waals surface area contributed by atoms with Crippen LogP contribution in [0.3, 0.4) is 0 Å². The van der Waals surface area contributed by atoms with Crippen LogP contribution in [0.25, 0.3) is 5.52 Å². The van der Waals surface area contributed by atoms with Gasteiger partial charge in [0.2, 0.25) is 10.0 Å². The third-order valence-electron chi connectivity index (χ3n) is 3.94. The lowest BCUT2D eigenvalue weighted by Crippen LogP contribution is -2.41. The molecular weight excluding hydrogens is 288 g/mol. The second-order valence-corrected chi connectivity index (χ2v) is 7.68. The number of imidazole rings is 1. The highest BCUT2D eigenvalue weighted by atomic mass is 32.2. The lowest BCUT2D eigenvalue weighted by molar-refractivity contribution is 0.332. The maximum Gasteiger partial charge on any atom is 0.211 e.